The molecule has 0 aromatic heterocycles. The first-order valence-electron chi connectivity index (χ1n) is 7.07. The second-order valence-electron chi connectivity index (χ2n) is 5.09. The molecule has 0 radical (unpaired) electrons. The standard InChI is InChI=1S/C12H15N3O5S.C2H4O2.Na/c13-6-9-4-2-1-3-8(9)5-11(16)14-10-7-15(12(10)17)21(18,19)20;1-2(3)4;/h1-4,10H,5-7,13H2,(H,14,16)(H,18,19,20);1H3,(H,3,4);/q;;+1/p-2. The molecule has 12 heteroatoms. The van der Waals surface area contributed by atoms with E-state index in [4.69, 9.17) is 15.6 Å². The number of aliphatic carboxylic acids is 1. The number of carboxylic acid groups (broad SMARTS) is 1. The molecule has 2 rings (SSSR count). The molecule has 3 N–H and O–H groups in total. The summed E-state index contributed by atoms with van der Waals surface area (Å²) in [5, 5.41) is 11.3. The van der Waals surface area contributed by atoms with E-state index in [-0.39, 0.29) is 53.4 Å². The van der Waals surface area contributed by atoms with Crippen LogP contribution in [0.3, 0.4) is 0 Å². The molecule has 0 saturated carbocycles. The maximum Gasteiger partial charge on any atom is 1.00 e. The average molecular weight is 394 g/mol. The molecule has 1 aliphatic heterocycles. The Morgan fingerprint density at radius 2 is 1.81 bits per heavy atom. The number of rotatable bonds is 5. The number of benzene rings is 1. The van der Waals surface area contributed by atoms with Crippen LogP contribution >= 0.6 is 0 Å². The van der Waals surface area contributed by atoms with Gasteiger partial charge in [0.05, 0.1) is 13.0 Å². The fourth-order valence-corrected chi connectivity index (χ4v) is 2.73. The van der Waals surface area contributed by atoms with Crippen molar-refractivity contribution in [3.63, 3.8) is 0 Å². The third-order valence-corrected chi connectivity index (χ3v) is 4.06. The van der Waals surface area contributed by atoms with Crippen molar-refractivity contribution in [3.05, 3.63) is 35.4 Å². The molecule has 138 valence electrons. The van der Waals surface area contributed by atoms with Gasteiger partial charge < -0.3 is 25.5 Å². The zero-order chi connectivity index (χ0) is 19.2. The number of β-lactam (4-membered cyclic amide) rings is 1. The molecule has 0 aliphatic carbocycles. The van der Waals surface area contributed by atoms with Crippen LogP contribution in [0.15, 0.2) is 24.3 Å². The summed E-state index contributed by atoms with van der Waals surface area (Å²) in [6.07, 6.45) is 0.0290. The molecule has 1 atom stereocenters. The Kier molecular flexibility index (Phi) is 9.99. The van der Waals surface area contributed by atoms with Crippen molar-refractivity contribution < 1.29 is 62.0 Å². The van der Waals surface area contributed by atoms with E-state index in [0.29, 0.717) is 0 Å². The molecule has 1 aliphatic rings. The maximum atomic E-state index is 11.8. The number of hydrogen-bond donors (Lipinski definition) is 2. The Hall–Kier alpha value is -1.50. The van der Waals surface area contributed by atoms with Crippen molar-refractivity contribution in [2.75, 3.05) is 6.54 Å². The van der Waals surface area contributed by atoms with Crippen molar-refractivity contribution in [2.45, 2.75) is 25.9 Å². The topological polar surface area (TPSA) is 173 Å². The predicted octanol–water partition coefficient (Wildman–Crippen LogP) is -5.76. The number of hydrogen-bond acceptors (Lipinski definition) is 8. The van der Waals surface area contributed by atoms with Gasteiger partial charge in [-0.1, -0.05) is 24.3 Å². The number of carbonyl (C=O) groups is 3. The van der Waals surface area contributed by atoms with Gasteiger partial charge in [-0.25, -0.2) is 12.7 Å². The van der Waals surface area contributed by atoms with Gasteiger partial charge in [-0.2, -0.15) is 0 Å². The molecular weight excluding hydrogens is 377 g/mol. The summed E-state index contributed by atoms with van der Waals surface area (Å²) in [5.41, 5.74) is 7.11. The SMILES string of the molecule is CC(=O)[O-].NCc1ccccc1CC(=O)NC1CN(S(=O)(=O)[O-])C1=O.[Na+]. The van der Waals surface area contributed by atoms with Crippen molar-refractivity contribution in [3.8, 4) is 0 Å². The molecular formula is C14H17N3NaO7S-. The second kappa shape index (κ2) is 10.6. The second-order valence-corrected chi connectivity index (χ2v) is 6.38. The van der Waals surface area contributed by atoms with E-state index in [1.165, 1.54) is 0 Å². The summed E-state index contributed by atoms with van der Waals surface area (Å²) >= 11 is 0. The molecule has 1 aromatic carbocycles. The molecule has 1 fully saturated rings. The van der Waals surface area contributed by atoms with E-state index >= 15 is 0 Å². The van der Waals surface area contributed by atoms with Gasteiger partial charge in [-0.15, -0.1) is 0 Å². The van der Waals surface area contributed by atoms with Crippen LogP contribution < -0.4 is 45.7 Å². The number of carbonyl (C=O) groups excluding carboxylic acids is 3. The largest absolute Gasteiger partial charge is 1.00 e. The number of amides is 2. The summed E-state index contributed by atoms with van der Waals surface area (Å²) in [6.45, 7) is 0.933. The minimum atomic E-state index is -4.79. The maximum absolute atomic E-state index is 11.8. The van der Waals surface area contributed by atoms with Gasteiger partial charge in [0.2, 0.25) is 5.91 Å². The van der Waals surface area contributed by atoms with Crippen LogP contribution in [0.1, 0.15) is 18.1 Å². The minimum Gasteiger partial charge on any atom is -0.731 e. The van der Waals surface area contributed by atoms with Gasteiger partial charge in [0.15, 0.2) is 10.3 Å². The normalized spacial score (nSPS) is 15.7. The smallest absolute Gasteiger partial charge is 0.731 e. The van der Waals surface area contributed by atoms with Crippen LogP contribution in [0.4, 0.5) is 0 Å². The molecule has 2 amide bonds. The van der Waals surface area contributed by atoms with E-state index in [1.54, 1.807) is 24.3 Å². The number of nitrogens with two attached hydrogens (primary N) is 1. The van der Waals surface area contributed by atoms with Crippen LogP contribution in [-0.4, -0.2) is 47.6 Å². The van der Waals surface area contributed by atoms with Crippen LogP contribution in [0.5, 0.6) is 0 Å². The average Bonchev–Trinajstić information content (AvgIpc) is 2.49. The van der Waals surface area contributed by atoms with Gasteiger partial charge in [0.25, 0.3) is 5.91 Å². The van der Waals surface area contributed by atoms with Gasteiger partial charge in [-0.3, -0.25) is 9.59 Å². The van der Waals surface area contributed by atoms with Gasteiger partial charge in [0.1, 0.15) is 6.04 Å². The Morgan fingerprint density at radius 1 is 1.31 bits per heavy atom. The van der Waals surface area contributed by atoms with Crippen LogP contribution in [-0.2, 0) is 37.7 Å². The van der Waals surface area contributed by atoms with Crippen molar-refractivity contribution in [2.24, 2.45) is 5.73 Å². The fourth-order valence-electron chi connectivity index (χ4n) is 2.05. The molecule has 1 heterocycles. The van der Waals surface area contributed by atoms with E-state index < -0.39 is 34.1 Å². The van der Waals surface area contributed by atoms with E-state index in [2.05, 4.69) is 5.32 Å². The van der Waals surface area contributed by atoms with Gasteiger partial charge >= 0.3 is 29.6 Å². The Morgan fingerprint density at radius 3 is 2.23 bits per heavy atom. The fraction of sp³-hybridized carbons (Fsp3) is 0.357. The summed E-state index contributed by atoms with van der Waals surface area (Å²) < 4.78 is 32.1. The summed E-state index contributed by atoms with van der Waals surface area (Å²) in [6, 6.07) is 6.14. The molecule has 0 bridgehead atoms. The molecule has 1 aromatic rings. The van der Waals surface area contributed by atoms with Crippen LogP contribution in [0.25, 0.3) is 0 Å². The predicted molar refractivity (Wildman–Crippen MR) is 82.1 cm³/mol. The van der Waals surface area contributed by atoms with Gasteiger partial charge in [-0.05, 0) is 18.1 Å². The third-order valence-electron chi connectivity index (χ3n) is 3.19. The number of nitrogens with one attached hydrogen (secondary N) is 1. The minimum absolute atomic E-state index is 0. The van der Waals surface area contributed by atoms with Crippen LogP contribution in [0.2, 0.25) is 0 Å². The summed E-state index contributed by atoms with van der Waals surface area (Å²) in [4.78, 5) is 32.2. The quantitative estimate of drug-likeness (QED) is 0.282. The summed E-state index contributed by atoms with van der Waals surface area (Å²) in [5.74, 6) is -2.43. The first-order chi connectivity index (χ1) is 11.6. The van der Waals surface area contributed by atoms with E-state index in [9.17, 15) is 22.6 Å². The third kappa shape index (κ3) is 7.40. The zero-order valence-electron chi connectivity index (χ0n) is 14.3. The first-order valence-corrected chi connectivity index (χ1v) is 8.44. The summed E-state index contributed by atoms with van der Waals surface area (Å²) in [7, 11) is -4.79. The van der Waals surface area contributed by atoms with Crippen molar-refractivity contribution >= 4 is 28.1 Å². The van der Waals surface area contributed by atoms with E-state index in [0.717, 1.165) is 18.1 Å². The van der Waals surface area contributed by atoms with Crippen molar-refractivity contribution in [1.82, 2.24) is 9.62 Å². The molecule has 1 unspecified atom stereocenters. The Labute approximate surface area is 172 Å². The van der Waals surface area contributed by atoms with Crippen LogP contribution in [0, 0.1) is 0 Å². The first kappa shape index (κ1) is 24.5. The molecule has 0 spiro atoms. The number of carboxylic acids is 1. The number of nitrogens with zero attached hydrogens (tertiary/aromatic N) is 1. The molecule has 1 saturated heterocycles. The Bertz CT molecular complexity index is 766. The Balaban J connectivity index is 0.00000113. The monoisotopic (exact) mass is 394 g/mol. The molecule has 10 nitrogen and oxygen atoms in total. The van der Waals surface area contributed by atoms with E-state index in [1.807, 2.05) is 0 Å². The van der Waals surface area contributed by atoms with Gasteiger partial charge in [0, 0.05) is 12.5 Å². The zero-order valence-corrected chi connectivity index (χ0v) is 17.1. The molecule has 26 heavy (non-hydrogen) atoms. The van der Waals surface area contributed by atoms with Crippen molar-refractivity contribution in [1.29, 1.82) is 0 Å².